The number of allylic oxidation sites excluding steroid dienone is 1. The molecule has 1 heterocycles. The van der Waals surface area contributed by atoms with Gasteiger partial charge in [-0.15, -0.1) is 11.8 Å². The van der Waals surface area contributed by atoms with Crippen LogP contribution >= 0.6 is 11.8 Å². The van der Waals surface area contributed by atoms with Gasteiger partial charge in [0.15, 0.2) is 0 Å². The summed E-state index contributed by atoms with van der Waals surface area (Å²) < 4.78 is 0. The van der Waals surface area contributed by atoms with Crippen LogP contribution in [0.1, 0.15) is 13.3 Å². The van der Waals surface area contributed by atoms with Gasteiger partial charge in [0, 0.05) is 16.8 Å². The maximum atomic E-state index is 4.19. The Morgan fingerprint density at radius 3 is 3.08 bits per heavy atom. The van der Waals surface area contributed by atoms with Crippen LogP contribution in [0, 0.1) is 0 Å². The number of rotatable bonds is 4. The van der Waals surface area contributed by atoms with Crippen LogP contribution in [0.5, 0.6) is 0 Å². The molecule has 0 bridgehead atoms. The van der Waals surface area contributed by atoms with Gasteiger partial charge in [-0.2, -0.15) is 0 Å². The van der Waals surface area contributed by atoms with Gasteiger partial charge in [-0.1, -0.05) is 13.5 Å². The molecule has 0 atom stereocenters. The van der Waals surface area contributed by atoms with Gasteiger partial charge in [0.25, 0.3) is 0 Å². The van der Waals surface area contributed by atoms with E-state index in [0.717, 1.165) is 17.9 Å². The Kier molecular flexibility index (Phi) is 3.83. The minimum Gasteiger partial charge on any atom is -0.344 e. The maximum absolute atomic E-state index is 4.19. The van der Waals surface area contributed by atoms with Crippen LogP contribution in [0.25, 0.3) is 0 Å². The van der Waals surface area contributed by atoms with Gasteiger partial charge >= 0.3 is 0 Å². The molecule has 13 heavy (non-hydrogen) atoms. The summed E-state index contributed by atoms with van der Waals surface area (Å²) in [5.41, 5.74) is 0.991. The van der Waals surface area contributed by atoms with E-state index < -0.39 is 0 Å². The Hall–Kier alpha value is -0.960. The first-order chi connectivity index (χ1) is 6.26. The molecule has 0 aromatic carbocycles. The summed E-state index contributed by atoms with van der Waals surface area (Å²) >= 11 is 1.71. The van der Waals surface area contributed by atoms with Crippen LogP contribution in [-0.4, -0.2) is 11.2 Å². The SMILES string of the molecule is C=C(CC)Nc1cc(SC)ccn1. The van der Waals surface area contributed by atoms with Crippen molar-refractivity contribution >= 4 is 17.6 Å². The highest BCUT2D eigenvalue weighted by molar-refractivity contribution is 7.98. The summed E-state index contributed by atoms with van der Waals surface area (Å²) in [5.74, 6) is 0.874. The van der Waals surface area contributed by atoms with Gasteiger partial charge in [0.05, 0.1) is 0 Å². The fourth-order valence-corrected chi connectivity index (χ4v) is 1.30. The lowest BCUT2D eigenvalue weighted by atomic mass is 10.3. The molecular weight excluding hydrogens is 180 g/mol. The third-order valence-corrected chi connectivity index (χ3v) is 2.42. The second-order valence-corrected chi connectivity index (χ2v) is 3.54. The molecule has 0 amide bonds. The molecule has 0 spiro atoms. The monoisotopic (exact) mass is 194 g/mol. The predicted molar refractivity (Wildman–Crippen MR) is 59.1 cm³/mol. The fourth-order valence-electron chi connectivity index (χ4n) is 0.876. The topological polar surface area (TPSA) is 24.9 Å². The minimum absolute atomic E-state index is 0.874. The van der Waals surface area contributed by atoms with Crippen LogP contribution < -0.4 is 5.32 Å². The van der Waals surface area contributed by atoms with Crippen molar-refractivity contribution in [1.82, 2.24) is 4.98 Å². The standard InChI is InChI=1S/C10H14N2S/c1-4-8(2)12-10-7-9(13-3)5-6-11-10/h5-7H,2,4H2,1,3H3,(H,11,12). The second kappa shape index (κ2) is 4.92. The van der Waals surface area contributed by atoms with Gasteiger partial charge in [-0.3, -0.25) is 0 Å². The third-order valence-electron chi connectivity index (χ3n) is 1.70. The molecule has 70 valence electrons. The van der Waals surface area contributed by atoms with Crippen LogP contribution in [0.2, 0.25) is 0 Å². The fraction of sp³-hybridized carbons (Fsp3) is 0.300. The van der Waals surface area contributed by atoms with E-state index in [1.54, 1.807) is 18.0 Å². The Bertz CT molecular complexity index is 297. The van der Waals surface area contributed by atoms with Crippen molar-refractivity contribution in [2.45, 2.75) is 18.2 Å². The molecule has 0 aliphatic rings. The second-order valence-electron chi connectivity index (χ2n) is 2.66. The Morgan fingerprint density at radius 1 is 1.69 bits per heavy atom. The molecule has 0 saturated heterocycles. The Morgan fingerprint density at radius 2 is 2.46 bits per heavy atom. The number of thioether (sulfide) groups is 1. The lowest BCUT2D eigenvalue weighted by molar-refractivity contribution is 1.09. The van der Waals surface area contributed by atoms with E-state index in [-0.39, 0.29) is 0 Å². The highest BCUT2D eigenvalue weighted by Crippen LogP contribution is 2.17. The smallest absolute Gasteiger partial charge is 0.131 e. The van der Waals surface area contributed by atoms with E-state index in [1.165, 1.54) is 4.90 Å². The molecule has 0 fully saturated rings. The molecular formula is C10H14N2S. The molecule has 0 aliphatic carbocycles. The number of nitrogens with zero attached hydrogens (tertiary/aromatic N) is 1. The van der Waals surface area contributed by atoms with Gasteiger partial charge in [0.1, 0.15) is 5.82 Å². The molecule has 0 radical (unpaired) electrons. The van der Waals surface area contributed by atoms with Crippen molar-refractivity contribution in [3.63, 3.8) is 0 Å². The molecule has 0 unspecified atom stereocenters. The number of aromatic nitrogens is 1. The number of nitrogens with one attached hydrogen (secondary N) is 1. The summed E-state index contributed by atoms with van der Waals surface area (Å²) in [5, 5.41) is 3.15. The molecule has 1 N–H and O–H groups in total. The van der Waals surface area contributed by atoms with Crippen molar-refractivity contribution < 1.29 is 0 Å². The average molecular weight is 194 g/mol. The third kappa shape index (κ3) is 3.11. The normalized spacial score (nSPS) is 9.69. The predicted octanol–water partition coefficient (Wildman–Crippen LogP) is 3.14. The van der Waals surface area contributed by atoms with E-state index in [1.807, 2.05) is 18.4 Å². The summed E-state index contributed by atoms with van der Waals surface area (Å²) in [6.45, 7) is 5.93. The largest absolute Gasteiger partial charge is 0.344 e. The van der Waals surface area contributed by atoms with Crippen molar-refractivity contribution in [1.29, 1.82) is 0 Å². The zero-order valence-electron chi connectivity index (χ0n) is 8.00. The number of hydrogen-bond acceptors (Lipinski definition) is 3. The van der Waals surface area contributed by atoms with E-state index in [4.69, 9.17) is 0 Å². The molecule has 1 aromatic rings. The molecule has 1 rings (SSSR count). The highest BCUT2D eigenvalue weighted by Gasteiger charge is 1.96. The lowest BCUT2D eigenvalue weighted by Crippen LogP contribution is -1.98. The van der Waals surface area contributed by atoms with Crippen molar-refractivity contribution in [2.75, 3.05) is 11.6 Å². The van der Waals surface area contributed by atoms with Crippen molar-refractivity contribution in [3.05, 3.63) is 30.6 Å². The van der Waals surface area contributed by atoms with Crippen LogP contribution in [0.15, 0.2) is 35.5 Å². The van der Waals surface area contributed by atoms with E-state index in [9.17, 15) is 0 Å². The summed E-state index contributed by atoms with van der Waals surface area (Å²) in [4.78, 5) is 5.40. The molecule has 3 heteroatoms. The first-order valence-electron chi connectivity index (χ1n) is 4.21. The zero-order valence-corrected chi connectivity index (χ0v) is 8.82. The molecule has 0 aliphatic heterocycles. The molecule has 0 saturated carbocycles. The zero-order chi connectivity index (χ0) is 9.68. The van der Waals surface area contributed by atoms with Gasteiger partial charge in [0.2, 0.25) is 0 Å². The number of hydrogen-bond donors (Lipinski definition) is 1. The maximum Gasteiger partial charge on any atom is 0.131 e. The first-order valence-corrected chi connectivity index (χ1v) is 5.43. The van der Waals surface area contributed by atoms with Gasteiger partial charge in [-0.25, -0.2) is 4.98 Å². The van der Waals surface area contributed by atoms with Gasteiger partial charge < -0.3 is 5.32 Å². The minimum atomic E-state index is 0.874. The van der Waals surface area contributed by atoms with Gasteiger partial charge in [-0.05, 0) is 24.8 Å². The van der Waals surface area contributed by atoms with Crippen LogP contribution in [0.4, 0.5) is 5.82 Å². The van der Waals surface area contributed by atoms with Crippen molar-refractivity contribution in [2.24, 2.45) is 0 Å². The summed E-state index contributed by atoms with van der Waals surface area (Å²) in [7, 11) is 0. The number of pyridine rings is 1. The van der Waals surface area contributed by atoms with Crippen LogP contribution in [0.3, 0.4) is 0 Å². The highest BCUT2D eigenvalue weighted by atomic mass is 32.2. The lowest BCUT2D eigenvalue weighted by Gasteiger charge is -2.06. The molecule has 2 nitrogen and oxygen atoms in total. The average Bonchev–Trinajstić information content (AvgIpc) is 2.18. The molecule has 1 aromatic heterocycles. The van der Waals surface area contributed by atoms with E-state index >= 15 is 0 Å². The quantitative estimate of drug-likeness (QED) is 0.745. The number of anilines is 1. The van der Waals surface area contributed by atoms with Crippen molar-refractivity contribution in [3.8, 4) is 0 Å². The van der Waals surface area contributed by atoms with Crippen LogP contribution in [-0.2, 0) is 0 Å². The Labute approximate surface area is 83.5 Å². The van der Waals surface area contributed by atoms with E-state index in [0.29, 0.717) is 0 Å². The summed E-state index contributed by atoms with van der Waals surface area (Å²) in [6, 6.07) is 4.01. The summed E-state index contributed by atoms with van der Waals surface area (Å²) in [6.07, 6.45) is 4.77. The Balaban J connectivity index is 2.71. The van der Waals surface area contributed by atoms with E-state index in [2.05, 4.69) is 23.8 Å². The first kappa shape index (κ1) is 10.1.